The molecule has 2 aromatic carbocycles. The Morgan fingerprint density at radius 2 is 1.96 bits per heavy atom. The van der Waals surface area contributed by atoms with Crippen molar-refractivity contribution in [2.75, 3.05) is 19.4 Å². The lowest BCUT2D eigenvalue weighted by atomic mass is 10.2. The fraction of sp³-hybridized carbons (Fsp3) is 0.250. The first-order valence-electron chi connectivity index (χ1n) is 7.26. The van der Waals surface area contributed by atoms with E-state index in [1.807, 2.05) is 18.2 Å². The summed E-state index contributed by atoms with van der Waals surface area (Å²) in [5, 5.41) is 0.166. The average molecular weight is 483 g/mol. The highest BCUT2D eigenvalue weighted by atomic mass is 79.9. The van der Waals surface area contributed by atoms with Gasteiger partial charge in [0.2, 0.25) is 10.0 Å². The summed E-state index contributed by atoms with van der Waals surface area (Å²) >= 11 is 16.9. The first-order valence-corrected chi connectivity index (χ1v) is 11.3. The number of thioether (sulfide) groups is 1. The van der Waals surface area contributed by atoms with E-state index in [2.05, 4.69) is 15.9 Å². The highest BCUT2D eigenvalue weighted by Gasteiger charge is 2.38. The van der Waals surface area contributed by atoms with Gasteiger partial charge in [0, 0.05) is 22.3 Å². The summed E-state index contributed by atoms with van der Waals surface area (Å²) in [5.74, 6) is 1.35. The summed E-state index contributed by atoms with van der Waals surface area (Å²) in [6, 6.07) is 9.93. The molecule has 0 spiro atoms. The average Bonchev–Trinajstić information content (AvgIpc) is 3.07. The molecule has 0 aromatic heterocycles. The third-order valence-electron chi connectivity index (χ3n) is 3.80. The summed E-state index contributed by atoms with van der Waals surface area (Å²) in [6.45, 7) is 0.410. The Morgan fingerprint density at radius 3 is 2.64 bits per heavy atom. The van der Waals surface area contributed by atoms with Crippen LogP contribution in [0.15, 0.2) is 45.8 Å². The molecule has 0 saturated carbocycles. The van der Waals surface area contributed by atoms with Crippen LogP contribution in [0.1, 0.15) is 10.9 Å². The number of hydrogen-bond acceptors (Lipinski definition) is 4. The van der Waals surface area contributed by atoms with Crippen molar-refractivity contribution in [3.63, 3.8) is 0 Å². The van der Waals surface area contributed by atoms with E-state index in [-0.39, 0.29) is 15.3 Å². The number of rotatable bonds is 4. The Hall–Kier alpha value is -0.440. The van der Waals surface area contributed by atoms with Gasteiger partial charge in [-0.05, 0) is 36.4 Å². The third kappa shape index (κ3) is 3.82. The first kappa shape index (κ1) is 19.3. The minimum atomic E-state index is -3.71. The minimum Gasteiger partial charge on any atom is -0.496 e. The summed E-state index contributed by atoms with van der Waals surface area (Å²) < 4.78 is 34.0. The minimum absolute atomic E-state index is 0.128. The van der Waals surface area contributed by atoms with Gasteiger partial charge in [-0.1, -0.05) is 39.1 Å². The van der Waals surface area contributed by atoms with Gasteiger partial charge in [-0.2, -0.15) is 4.31 Å². The van der Waals surface area contributed by atoms with Crippen molar-refractivity contribution in [3.05, 3.63) is 56.5 Å². The molecule has 1 atom stereocenters. The summed E-state index contributed by atoms with van der Waals surface area (Å²) in [4.78, 5) is 0.128. The van der Waals surface area contributed by atoms with Crippen LogP contribution in [-0.4, -0.2) is 32.1 Å². The molecule has 0 N–H and O–H groups in total. The van der Waals surface area contributed by atoms with Crippen LogP contribution < -0.4 is 4.74 Å². The molecule has 0 aliphatic carbocycles. The predicted molar refractivity (Wildman–Crippen MR) is 106 cm³/mol. The summed E-state index contributed by atoms with van der Waals surface area (Å²) in [7, 11) is -2.14. The zero-order valence-corrected chi connectivity index (χ0v) is 17.8. The smallest absolute Gasteiger partial charge is 0.244 e. The maximum absolute atomic E-state index is 13.1. The van der Waals surface area contributed by atoms with E-state index in [4.69, 9.17) is 27.9 Å². The molecule has 1 saturated heterocycles. The zero-order valence-electron chi connectivity index (χ0n) is 13.1. The largest absolute Gasteiger partial charge is 0.496 e. The number of methoxy groups -OCH3 is 1. The molecular weight excluding hydrogens is 469 g/mol. The molecule has 2 aromatic rings. The van der Waals surface area contributed by atoms with Crippen molar-refractivity contribution in [1.29, 1.82) is 0 Å². The molecule has 1 aliphatic heterocycles. The normalized spacial score (nSPS) is 18.5. The van der Waals surface area contributed by atoms with E-state index in [1.54, 1.807) is 18.9 Å². The molecular formula is C16H14BrCl2NO3S2. The Kier molecular flexibility index (Phi) is 5.92. The molecule has 1 unspecified atom stereocenters. The summed E-state index contributed by atoms with van der Waals surface area (Å²) in [5.41, 5.74) is 0.808. The third-order valence-corrected chi connectivity index (χ3v) is 8.27. The van der Waals surface area contributed by atoms with Gasteiger partial charge in [0.05, 0.1) is 27.4 Å². The van der Waals surface area contributed by atoms with E-state index >= 15 is 0 Å². The molecule has 4 nitrogen and oxygen atoms in total. The maximum Gasteiger partial charge on any atom is 0.244 e. The molecule has 1 heterocycles. The van der Waals surface area contributed by atoms with E-state index in [1.165, 1.54) is 22.5 Å². The molecule has 134 valence electrons. The van der Waals surface area contributed by atoms with Crippen LogP contribution in [-0.2, 0) is 10.0 Å². The van der Waals surface area contributed by atoms with E-state index in [0.717, 1.165) is 10.0 Å². The Balaban J connectivity index is 2.04. The molecule has 0 amide bonds. The van der Waals surface area contributed by atoms with Gasteiger partial charge in [-0.15, -0.1) is 11.8 Å². The molecule has 0 bridgehead atoms. The highest BCUT2D eigenvalue weighted by Crippen LogP contribution is 2.45. The Morgan fingerprint density at radius 1 is 1.20 bits per heavy atom. The monoisotopic (exact) mass is 481 g/mol. The number of benzene rings is 2. The second-order valence-corrected chi connectivity index (χ2v) is 10.1. The molecule has 1 fully saturated rings. The fourth-order valence-electron chi connectivity index (χ4n) is 2.62. The lowest BCUT2D eigenvalue weighted by molar-refractivity contribution is 0.390. The topological polar surface area (TPSA) is 46.6 Å². The van der Waals surface area contributed by atoms with Gasteiger partial charge in [0.1, 0.15) is 5.75 Å². The highest BCUT2D eigenvalue weighted by molar-refractivity contribution is 9.10. The molecule has 1 aliphatic rings. The lowest BCUT2D eigenvalue weighted by Gasteiger charge is -2.25. The quantitative estimate of drug-likeness (QED) is 0.600. The van der Waals surface area contributed by atoms with Crippen LogP contribution in [0.3, 0.4) is 0 Å². The Labute approximate surface area is 169 Å². The molecule has 0 radical (unpaired) electrons. The van der Waals surface area contributed by atoms with Gasteiger partial charge < -0.3 is 4.74 Å². The van der Waals surface area contributed by atoms with Crippen LogP contribution in [0.4, 0.5) is 0 Å². The van der Waals surface area contributed by atoms with Crippen LogP contribution in [0.5, 0.6) is 5.75 Å². The zero-order chi connectivity index (χ0) is 18.2. The first-order chi connectivity index (χ1) is 11.8. The van der Waals surface area contributed by atoms with Crippen molar-refractivity contribution in [2.24, 2.45) is 0 Å². The van der Waals surface area contributed by atoms with Crippen LogP contribution >= 0.6 is 50.9 Å². The fourth-order valence-corrected chi connectivity index (χ4v) is 6.63. The number of halogens is 3. The van der Waals surface area contributed by atoms with Gasteiger partial charge in [-0.3, -0.25) is 0 Å². The van der Waals surface area contributed by atoms with Gasteiger partial charge in [0.25, 0.3) is 0 Å². The number of ether oxygens (including phenoxy) is 1. The van der Waals surface area contributed by atoms with E-state index < -0.39 is 10.0 Å². The van der Waals surface area contributed by atoms with Crippen molar-refractivity contribution in [2.45, 2.75) is 10.3 Å². The van der Waals surface area contributed by atoms with Gasteiger partial charge >= 0.3 is 0 Å². The van der Waals surface area contributed by atoms with Crippen molar-refractivity contribution >= 4 is 60.9 Å². The second-order valence-electron chi connectivity index (χ2n) is 5.30. The lowest BCUT2D eigenvalue weighted by Crippen LogP contribution is -2.30. The van der Waals surface area contributed by atoms with Crippen molar-refractivity contribution < 1.29 is 13.2 Å². The molecule has 25 heavy (non-hydrogen) atoms. The summed E-state index contributed by atoms with van der Waals surface area (Å²) in [6.07, 6.45) is 0. The van der Waals surface area contributed by atoms with Crippen molar-refractivity contribution in [1.82, 2.24) is 4.31 Å². The maximum atomic E-state index is 13.1. The van der Waals surface area contributed by atoms with E-state index in [0.29, 0.717) is 23.1 Å². The standard InChI is InChI=1S/C16H14BrCl2NO3S2/c1-23-15-5-2-10(17)8-12(15)16-20(6-7-24-16)25(21,22)11-3-4-13(18)14(19)9-11/h2-5,8-9,16H,6-7H2,1H3. The Bertz CT molecular complexity index is 908. The number of sulfonamides is 1. The second kappa shape index (κ2) is 7.66. The number of hydrogen-bond donors (Lipinski definition) is 0. The molecule has 9 heteroatoms. The van der Waals surface area contributed by atoms with Crippen LogP contribution in [0.2, 0.25) is 10.0 Å². The number of nitrogens with zero attached hydrogens (tertiary/aromatic N) is 1. The van der Waals surface area contributed by atoms with Gasteiger partial charge in [0.15, 0.2) is 0 Å². The van der Waals surface area contributed by atoms with Crippen molar-refractivity contribution in [3.8, 4) is 5.75 Å². The molecule has 3 rings (SSSR count). The SMILES string of the molecule is COc1ccc(Br)cc1C1SCCN1S(=O)(=O)c1ccc(Cl)c(Cl)c1. The van der Waals surface area contributed by atoms with Crippen LogP contribution in [0, 0.1) is 0 Å². The predicted octanol–water partition coefficient (Wildman–Crippen LogP) is 5.20. The van der Waals surface area contributed by atoms with Crippen LogP contribution in [0.25, 0.3) is 0 Å². The van der Waals surface area contributed by atoms with E-state index in [9.17, 15) is 8.42 Å². The van der Waals surface area contributed by atoms with Gasteiger partial charge in [-0.25, -0.2) is 8.42 Å².